The van der Waals surface area contributed by atoms with Crippen molar-refractivity contribution in [3.63, 3.8) is 0 Å². The van der Waals surface area contributed by atoms with Crippen LogP contribution in [0.4, 0.5) is 5.00 Å². The summed E-state index contributed by atoms with van der Waals surface area (Å²) in [7, 11) is 2.20. The maximum atomic E-state index is 10.6. The van der Waals surface area contributed by atoms with Gasteiger partial charge in [0.1, 0.15) is 0 Å². The average Bonchev–Trinajstić information content (AvgIpc) is 2.86. The molecule has 1 amide bonds. The van der Waals surface area contributed by atoms with Crippen LogP contribution in [0.1, 0.15) is 57.9 Å². The van der Waals surface area contributed by atoms with E-state index in [1.807, 2.05) is 5.38 Å². The molecule has 3 nitrogen and oxygen atoms in total. The Balaban J connectivity index is 2.57. The predicted octanol–water partition coefficient (Wildman–Crippen LogP) is 4.50. The molecule has 0 aliphatic carbocycles. The van der Waals surface area contributed by atoms with Crippen molar-refractivity contribution in [2.45, 2.75) is 65.0 Å². The second kappa shape index (κ2) is 9.94. The highest BCUT2D eigenvalue weighted by molar-refractivity contribution is 7.14. The highest BCUT2D eigenvalue weighted by Crippen LogP contribution is 2.25. The topological polar surface area (TPSA) is 32.3 Å². The van der Waals surface area contributed by atoms with Crippen LogP contribution in [0.5, 0.6) is 0 Å². The van der Waals surface area contributed by atoms with Crippen LogP contribution in [0.25, 0.3) is 0 Å². The number of hydrogen-bond acceptors (Lipinski definition) is 3. The Labute approximate surface area is 127 Å². The molecule has 0 saturated heterocycles. The van der Waals surface area contributed by atoms with Crippen molar-refractivity contribution >= 4 is 22.7 Å². The summed E-state index contributed by atoms with van der Waals surface area (Å²) in [6.07, 6.45) is 8.43. The van der Waals surface area contributed by atoms with Gasteiger partial charge in [0.15, 0.2) is 0 Å². The van der Waals surface area contributed by atoms with E-state index in [0.717, 1.165) is 18.0 Å². The van der Waals surface area contributed by atoms with E-state index in [2.05, 4.69) is 37.2 Å². The highest BCUT2D eigenvalue weighted by Gasteiger charge is 2.15. The van der Waals surface area contributed by atoms with Gasteiger partial charge >= 0.3 is 0 Å². The molecule has 0 bridgehead atoms. The summed E-state index contributed by atoms with van der Waals surface area (Å²) in [6.45, 7) is 5.42. The molecule has 0 aliphatic heterocycles. The smallest absolute Gasteiger partial charge is 0.212 e. The molecule has 1 aromatic heterocycles. The third kappa shape index (κ3) is 5.63. The quantitative estimate of drug-likeness (QED) is 0.482. The molecule has 0 fully saturated rings. The maximum absolute atomic E-state index is 10.6. The van der Waals surface area contributed by atoms with Gasteiger partial charge in [-0.05, 0) is 31.3 Å². The fraction of sp³-hybridized carbons (Fsp3) is 0.688. The minimum atomic E-state index is 0.649. The number of thiophene rings is 1. The van der Waals surface area contributed by atoms with Crippen molar-refractivity contribution in [2.75, 3.05) is 12.4 Å². The zero-order chi connectivity index (χ0) is 14.8. The number of hydrogen-bond donors (Lipinski definition) is 1. The lowest BCUT2D eigenvalue weighted by Crippen LogP contribution is -2.31. The van der Waals surface area contributed by atoms with E-state index in [-0.39, 0.29) is 0 Å². The zero-order valence-electron chi connectivity index (χ0n) is 13.0. The lowest BCUT2D eigenvalue weighted by molar-refractivity contribution is -0.105. The van der Waals surface area contributed by atoms with Crippen molar-refractivity contribution < 1.29 is 4.79 Å². The molecule has 1 rings (SSSR count). The number of anilines is 1. The average molecular weight is 296 g/mol. The van der Waals surface area contributed by atoms with E-state index in [4.69, 9.17) is 0 Å². The second-order valence-electron chi connectivity index (χ2n) is 5.39. The normalized spacial score (nSPS) is 12.6. The summed E-state index contributed by atoms with van der Waals surface area (Å²) in [5.74, 6) is 0. The number of rotatable bonds is 11. The minimum Gasteiger partial charge on any atom is -0.320 e. The van der Waals surface area contributed by atoms with Crippen LogP contribution in [0.3, 0.4) is 0 Å². The molecule has 20 heavy (non-hydrogen) atoms. The largest absolute Gasteiger partial charge is 0.320 e. The molecular formula is C16H28N2OS. The van der Waals surface area contributed by atoms with Crippen molar-refractivity contribution in [3.05, 3.63) is 17.0 Å². The molecule has 0 saturated carbocycles. The highest BCUT2D eigenvalue weighted by atomic mass is 32.1. The van der Waals surface area contributed by atoms with E-state index in [1.165, 1.54) is 44.1 Å². The molecule has 1 unspecified atom stereocenters. The SMILES string of the molecule is CCCCCC(CCC)N(C)Cc1ccsc1NC=O. The van der Waals surface area contributed by atoms with Crippen molar-refractivity contribution in [2.24, 2.45) is 0 Å². The van der Waals surface area contributed by atoms with Gasteiger partial charge in [0.25, 0.3) is 0 Å². The summed E-state index contributed by atoms with van der Waals surface area (Å²) in [5.41, 5.74) is 1.22. The Morgan fingerprint density at radius 2 is 2.10 bits per heavy atom. The van der Waals surface area contributed by atoms with Gasteiger partial charge in [-0.15, -0.1) is 11.3 Å². The van der Waals surface area contributed by atoms with Gasteiger partial charge in [0.2, 0.25) is 6.41 Å². The first kappa shape index (κ1) is 17.2. The van der Waals surface area contributed by atoms with E-state index >= 15 is 0 Å². The predicted molar refractivity (Wildman–Crippen MR) is 88.3 cm³/mol. The van der Waals surface area contributed by atoms with Gasteiger partial charge < -0.3 is 5.32 Å². The van der Waals surface area contributed by atoms with Crippen LogP contribution in [0, 0.1) is 0 Å². The number of amides is 1. The Hall–Kier alpha value is -0.870. The van der Waals surface area contributed by atoms with E-state index in [9.17, 15) is 4.79 Å². The standard InChI is InChI=1S/C16H28N2OS/c1-4-6-7-9-15(8-5-2)18(3)12-14-10-11-20-16(14)17-13-19/h10-11,13,15H,4-9,12H2,1-3H3,(H,17,19). The second-order valence-corrected chi connectivity index (χ2v) is 6.31. The number of unbranched alkanes of at least 4 members (excludes halogenated alkanes) is 2. The third-order valence-corrected chi connectivity index (χ3v) is 4.63. The Kier molecular flexibility index (Phi) is 8.54. The molecule has 4 heteroatoms. The van der Waals surface area contributed by atoms with E-state index < -0.39 is 0 Å². The Morgan fingerprint density at radius 1 is 1.30 bits per heavy atom. The lowest BCUT2D eigenvalue weighted by Gasteiger charge is -2.28. The van der Waals surface area contributed by atoms with Crippen LogP contribution >= 0.6 is 11.3 Å². The monoisotopic (exact) mass is 296 g/mol. The molecule has 1 atom stereocenters. The molecule has 114 valence electrons. The van der Waals surface area contributed by atoms with Crippen molar-refractivity contribution in [3.8, 4) is 0 Å². The van der Waals surface area contributed by atoms with Gasteiger partial charge in [-0.2, -0.15) is 0 Å². The molecule has 1 heterocycles. The first-order valence-electron chi connectivity index (χ1n) is 7.69. The summed E-state index contributed by atoms with van der Waals surface area (Å²) < 4.78 is 0. The molecule has 0 aromatic carbocycles. The van der Waals surface area contributed by atoms with Crippen LogP contribution in [-0.4, -0.2) is 24.4 Å². The van der Waals surface area contributed by atoms with Crippen LogP contribution in [-0.2, 0) is 11.3 Å². The number of nitrogens with zero attached hydrogens (tertiary/aromatic N) is 1. The molecule has 1 N–H and O–H groups in total. The van der Waals surface area contributed by atoms with Crippen LogP contribution in [0.15, 0.2) is 11.4 Å². The van der Waals surface area contributed by atoms with Crippen molar-refractivity contribution in [1.82, 2.24) is 4.90 Å². The first-order valence-corrected chi connectivity index (χ1v) is 8.57. The number of carbonyl (C=O) groups is 1. The van der Waals surface area contributed by atoms with Gasteiger partial charge in [-0.1, -0.05) is 39.5 Å². The molecule has 0 aliphatic rings. The van der Waals surface area contributed by atoms with E-state index in [0.29, 0.717) is 6.04 Å². The molecular weight excluding hydrogens is 268 g/mol. The first-order chi connectivity index (χ1) is 9.72. The molecule has 0 spiro atoms. The summed E-state index contributed by atoms with van der Waals surface area (Å²) in [4.78, 5) is 13.0. The number of carbonyl (C=O) groups excluding carboxylic acids is 1. The van der Waals surface area contributed by atoms with Crippen LogP contribution < -0.4 is 5.32 Å². The van der Waals surface area contributed by atoms with Gasteiger partial charge in [0.05, 0.1) is 5.00 Å². The zero-order valence-corrected chi connectivity index (χ0v) is 13.8. The molecule has 1 aromatic rings. The lowest BCUT2D eigenvalue weighted by atomic mass is 10.0. The summed E-state index contributed by atoms with van der Waals surface area (Å²) in [6, 6.07) is 2.76. The molecule has 0 radical (unpaired) electrons. The third-order valence-electron chi connectivity index (χ3n) is 3.74. The van der Waals surface area contributed by atoms with Crippen molar-refractivity contribution in [1.29, 1.82) is 0 Å². The maximum Gasteiger partial charge on any atom is 0.212 e. The fourth-order valence-corrected chi connectivity index (χ4v) is 3.35. The Morgan fingerprint density at radius 3 is 2.75 bits per heavy atom. The van der Waals surface area contributed by atoms with Gasteiger partial charge in [0, 0.05) is 18.2 Å². The summed E-state index contributed by atoms with van der Waals surface area (Å²) in [5, 5.41) is 5.82. The summed E-state index contributed by atoms with van der Waals surface area (Å²) >= 11 is 1.59. The van der Waals surface area contributed by atoms with E-state index in [1.54, 1.807) is 11.3 Å². The van der Waals surface area contributed by atoms with Crippen LogP contribution in [0.2, 0.25) is 0 Å². The van der Waals surface area contributed by atoms with Gasteiger partial charge in [-0.25, -0.2) is 0 Å². The Bertz CT molecular complexity index is 378. The minimum absolute atomic E-state index is 0.649. The van der Waals surface area contributed by atoms with Gasteiger partial charge in [-0.3, -0.25) is 9.69 Å². The fourth-order valence-electron chi connectivity index (χ4n) is 2.59. The number of nitrogens with one attached hydrogen (secondary N) is 1.